The fourth-order valence-electron chi connectivity index (χ4n) is 2.02. The van der Waals surface area contributed by atoms with Crippen LogP contribution < -0.4 is 16.2 Å². The van der Waals surface area contributed by atoms with E-state index in [-0.39, 0.29) is 24.2 Å². The molecule has 2 aromatic carbocycles. The van der Waals surface area contributed by atoms with Crippen molar-refractivity contribution < 1.29 is 14.0 Å². The highest BCUT2D eigenvalue weighted by Gasteiger charge is 2.10. The lowest BCUT2D eigenvalue weighted by molar-refractivity contribution is -0.121. The highest BCUT2D eigenvalue weighted by Crippen LogP contribution is 2.10. The summed E-state index contributed by atoms with van der Waals surface area (Å²) in [5.41, 5.74) is 6.21. The van der Waals surface area contributed by atoms with Crippen LogP contribution in [-0.2, 0) is 11.2 Å². The number of hydrogen-bond donors (Lipinski definition) is 3. The maximum atomic E-state index is 12.8. The molecule has 3 N–H and O–H groups in total. The van der Waals surface area contributed by atoms with Crippen LogP contribution in [0.5, 0.6) is 0 Å². The number of halogens is 1. The zero-order chi connectivity index (χ0) is 16.7. The van der Waals surface area contributed by atoms with E-state index in [0.29, 0.717) is 5.56 Å². The lowest BCUT2D eigenvalue weighted by Gasteiger charge is -2.15. The second-order valence-electron chi connectivity index (χ2n) is 5.08. The average molecular weight is 315 g/mol. The number of rotatable bonds is 4. The van der Waals surface area contributed by atoms with Gasteiger partial charge in [0, 0.05) is 0 Å². The van der Waals surface area contributed by atoms with Gasteiger partial charge in [-0.05, 0) is 30.2 Å². The molecule has 0 saturated heterocycles. The van der Waals surface area contributed by atoms with Crippen LogP contribution in [-0.4, -0.2) is 11.9 Å². The Hall–Kier alpha value is -2.89. The Morgan fingerprint density at radius 1 is 1.00 bits per heavy atom. The summed E-state index contributed by atoms with van der Waals surface area (Å²) in [6.07, 6.45) is 0.0504. The molecule has 0 bridgehead atoms. The van der Waals surface area contributed by atoms with Crippen LogP contribution in [0.15, 0.2) is 54.6 Å². The molecule has 0 heterocycles. The van der Waals surface area contributed by atoms with E-state index in [2.05, 4.69) is 16.2 Å². The summed E-state index contributed by atoms with van der Waals surface area (Å²) in [5, 5.41) is 2.71. The van der Waals surface area contributed by atoms with Gasteiger partial charge in [0.15, 0.2) is 0 Å². The molecule has 0 fully saturated rings. The van der Waals surface area contributed by atoms with Crippen molar-refractivity contribution in [1.82, 2.24) is 16.2 Å². The van der Waals surface area contributed by atoms with Crippen LogP contribution in [0.3, 0.4) is 0 Å². The fraction of sp³-hybridized carbons (Fsp3) is 0.176. The first-order valence-electron chi connectivity index (χ1n) is 7.19. The lowest BCUT2D eigenvalue weighted by atomic mass is 10.1. The number of amides is 3. The van der Waals surface area contributed by atoms with Crippen molar-refractivity contribution in [2.45, 2.75) is 19.4 Å². The molecule has 0 aliphatic carbocycles. The first-order valence-corrected chi connectivity index (χ1v) is 7.19. The maximum absolute atomic E-state index is 12.8. The monoisotopic (exact) mass is 315 g/mol. The van der Waals surface area contributed by atoms with Crippen molar-refractivity contribution in [3.63, 3.8) is 0 Å². The van der Waals surface area contributed by atoms with Crippen LogP contribution in [0.25, 0.3) is 0 Å². The quantitative estimate of drug-likeness (QED) is 0.759. The lowest BCUT2D eigenvalue weighted by Crippen LogP contribution is -2.47. The Morgan fingerprint density at radius 3 is 2.30 bits per heavy atom. The third-order valence-electron chi connectivity index (χ3n) is 3.24. The normalized spacial score (nSPS) is 11.4. The molecule has 2 rings (SSSR count). The van der Waals surface area contributed by atoms with Gasteiger partial charge < -0.3 is 5.32 Å². The van der Waals surface area contributed by atoms with Gasteiger partial charge in [0.25, 0.3) is 0 Å². The molecule has 23 heavy (non-hydrogen) atoms. The zero-order valence-electron chi connectivity index (χ0n) is 12.7. The SMILES string of the molecule is C[C@H](NC(=O)NNC(=O)Cc1ccc(F)cc1)c1ccccc1. The third-order valence-corrected chi connectivity index (χ3v) is 3.24. The topological polar surface area (TPSA) is 70.2 Å². The highest BCUT2D eigenvalue weighted by atomic mass is 19.1. The molecule has 0 aliphatic heterocycles. The van der Waals surface area contributed by atoms with E-state index in [0.717, 1.165) is 5.56 Å². The first-order chi connectivity index (χ1) is 11.0. The molecule has 0 unspecified atom stereocenters. The summed E-state index contributed by atoms with van der Waals surface area (Å²) in [5.74, 6) is -0.749. The summed E-state index contributed by atoms with van der Waals surface area (Å²) in [4.78, 5) is 23.5. The summed E-state index contributed by atoms with van der Waals surface area (Å²) in [6, 6.07) is 14.4. The molecule has 0 saturated carbocycles. The van der Waals surface area contributed by atoms with Crippen LogP contribution in [0.2, 0.25) is 0 Å². The van der Waals surface area contributed by atoms with Gasteiger partial charge in [-0.3, -0.25) is 10.2 Å². The molecule has 120 valence electrons. The number of hydrazine groups is 1. The van der Waals surface area contributed by atoms with Gasteiger partial charge in [-0.15, -0.1) is 0 Å². The molecule has 0 aliphatic rings. The van der Waals surface area contributed by atoms with Crippen molar-refractivity contribution in [2.24, 2.45) is 0 Å². The Labute approximate surface area is 133 Å². The maximum Gasteiger partial charge on any atom is 0.333 e. The number of hydrogen-bond acceptors (Lipinski definition) is 2. The Balaban J connectivity index is 1.75. The van der Waals surface area contributed by atoms with Gasteiger partial charge in [-0.25, -0.2) is 14.6 Å². The van der Waals surface area contributed by atoms with Crippen LogP contribution >= 0.6 is 0 Å². The predicted molar refractivity (Wildman–Crippen MR) is 84.8 cm³/mol. The van der Waals surface area contributed by atoms with Gasteiger partial charge in [-0.1, -0.05) is 42.5 Å². The molecule has 0 radical (unpaired) electrons. The van der Waals surface area contributed by atoms with E-state index in [1.54, 1.807) is 0 Å². The molecule has 0 aromatic heterocycles. The third kappa shape index (κ3) is 5.43. The van der Waals surface area contributed by atoms with Crippen molar-refractivity contribution in [3.8, 4) is 0 Å². The van der Waals surface area contributed by atoms with Gasteiger partial charge in [0.1, 0.15) is 5.82 Å². The van der Waals surface area contributed by atoms with E-state index in [9.17, 15) is 14.0 Å². The van der Waals surface area contributed by atoms with Crippen molar-refractivity contribution >= 4 is 11.9 Å². The van der Waals surface area contributed by atoms with Crippen LogP contribution in [0.4, 0.5) is 9.18 Å². The largest absolute Gasteiger partial charge is 0.333 e. The average Bonchev–Trinajstić information content (AvgIpc) is 2.56. The molecule has 1 atom stereocenters. The summed E-state index contributed by atoms with van der Waals surface area (Å²) in [6.45, 7) is 1.84. The van der Waals surface area contributed by atoms with Crippen LogP contribution in [0.1, 0.15) is 24.1 Å². The minimum absolute atomic E-state index is 0.0504. The Kier molecular flexibility index (Phi) is 5.68. The highest BCUT2D eigenvalue weighted by molar-refractivity contribution is 5.82. The van der Waals surface area contributed by atoms with E-state index in [1.807, 2.05) is 37.3 Å². The van der Waals surface area contributed by atoms with Crippen molar-refractivity contribution in [1.29, 1.82) is 0 Å². The standard InChI is InChI=1S/C17H18FN3O2/c1-12(14-5-3-2-4-6-14)19-17(23)21-20-16(22)11-13-7-9-15(18)10-8-13/h2-10,12H,11H2,1H3,(H,20,22)(H2,19,21,23)/t12-/m0/s1. The van der Waals surface area contributed by atoms with Crippen LogP contribution in [0, 0.1) is 5.82 Å². The molecule has 2 aromatic rings. The molecule has 3 amide bonds. The number of nitrogens with one attached hydrogen (secondary N) is 3. The second-order valence-corrected chi connectivity index (χ2v) is 5.08. The second kappa shape index (κ2) is 7.93. The summed E-state index contributed by atoms with van der Waals surface area (Å²) in [7, 11) is 0. The molecular weight excluding hydrogens is 297 g/mol. The minimum atomic E-state index is -0.506. The number of benzene rings is 2. The number of carbonyl (C=O) groups excluding carboxylic acids is 2. The van der Waals surface area contributed by atoms with E-state index in [4.69, 9.17) is 0 Å². The molecule has 6 heteroatoms. The molecular formula is C17H18FN3O2. The van der Waals surface area contributed by atoms with E-state index < -0.39 is 6.03 Å². The first kappa shape index (κ1) is 16.5. The predicted octanol–water partition coefficient (Wildman–Crippen LogP) is 2.46. The van der Waals surface area contributed by atoms with Gasteiger partial charge in [0.05, 0.1) is 12.5 Å². The zero-order valence-corrected chi connectivity index (χ0v) is 12.7. The summed E-state index contributed by atoms with van der Waals surface area (Å²) >= 11 is 0. The Bertz CT molecular complexity index is 659. The van der Waals surface area contributed by atoms with Gasteiger partial charge in [0.2, 0.25) is 5.91 Å². The number of urea groups is 1. The smallest absolute Gasteiger partial charge is 0.330 e. The van der Waals surface area contributed by atoms with Gasteiger partial charge in [-0.2, -0.15) is 0 Å². The fourth-order valence-corrected chi connectivity index (χ4v) is 2.02. The van der Waals surface area contributed by atoms with E-state index >= 15 is 0 Å². The molecule has 0 spiro atoms. The van der Waals surface area contributed by atoms with Crippen molar-refractivity contribution in [2.75, 3.05) is 0 Å². The van der Waals surface area contributed by atoms with Gasteiger partial charge >= 0.3 is 6.03 Å². The summed E-state index contributed by atoms with van der Waals surface area (Å²) < 4.78 is 12.8. The number of carbonyl (C=O) groups is 2. The molecule has 5 nitrogen and oxygen atoms in total. The van der Waals surface area contributed by atoms with E-state index in [1.165, 1.54) is 24.3 Å². The Morgan fingerprint density at radius 2 is 1.65 bits per heavy atom. The minimum Gasteiger partial charge on any atom is -0.330 e. The van der Waals surface area contributed by atoms with Crippen molar-refractivity contribution in [3.05, 3.63) is 71.5 Å².